The molecule has 2 amide bonds. The summed E-state index contributed by atoms with van der Waals surface area (Å²) in [6.45, 7) is 7.90. The summed E-state index contributed by atoms with van der Waals surface area (Å²) in [6, 6.07) is 7.33. The first-order valence-electron chi connectivity index (χ1n) is 7.39. The highest BCUT2D eigenvalue weighted by atomic mass is 35.5. The van der Waals surface area contributed by atoms with Gasteiger partial charge in [-0.05, 0) is 31.5 Å². The van der Waals surface area contributed by atoms with Gasteiger partial charge in [-0.3, -0.25) is 9.59 Å². The van der Waals surface area contributed by atoms with Crippen molar-refractivity contribution in [1.29, 1.82) is 0 Å². The van der Waals surface area contributed by atoms with E-state index in [2.05, 4.69) is 5.32 Å². The molecule has 0 aromatic heterocycles. The Labute approximate surface area is 138 Å². The zero-order valence-electron chi connectivity index (χ0n) is 13.5. The summed E-state index contributed by atoms with van der Waals surface area (Å²) in [6.07, 6.45) is 0. The molecule has 0 saturated heterocycles. The van der Waals surface area contributed by atoms with Crippen LogP contribution in [0.25, 0.3) is 0 Å². The molecule has 124 valence electrons. The van der Waals surface area contributed by atoms with Crippen LogP contribution in [-0.2, 0) is 11.3 Å². The lowest BCUT2D eigenvalue weighted by Gasteiger charge is -2.18. The Bertz CT molecular complexity index is 473. The van der Waals surface area contributed by atoms with E-state index in [1.54, 1.807) is 24.0 Å². The van der Waals surface area contributed by atoms with Gasteiger partial charge in [-0.25, -0.2) is 0 Å². The number of nitrogens with two attached hydrogens (primary N) is 1. The Kier molecular flexibility index (Phi) is 9.45. The van der Waals surface area contributed by atoms with Crippen molar-refractivity contribution in [3.8, 4) is 0 Å². The zero-order valence-corrected chi connectivity index (χ0v) is 14.3. The van der Waals surface area contributed by atoms with E-state index >= 15 is 0 Å². The second-order valence-corrected chi connectivity index (χ2v) is 5.03. The minimum Gasteiger partial charge on any atom is -0.352 e. The lowest BCUT2D eigenvalue weighted by Crippen LogP contribution is -2.32. The van der Waals surface area contributed by atoms with Crippen molar-refractivity contribution < 1.29 is 9.59 Å². The van der Waals surface area contributed by atoms with Crippen LogP contribution in [0.3, 0.4) is 0 Å². The molecule has 0 heterocycles. The second-order valence-electron chi connectivity index (χ2n) is 5.03. The molecule has 0 aliphatic rings. The summed E-state index contributed by atoms with van der Waals surface area (Å²) in [5.74, 6) is -0.207. The lowest BCUT2D eigenvalue weighted by atomic mass is 10.1. The smallest absolute Gasteiger partial charge is 0.253 e. The number of nitrogens with one attached hydrogen (secondary N) is 1. The maximum Gasteiger partial charge on any atom is 0.253 e. The van der Waals surface area contributed by atoms with Crippen molar-refractivity contribution in [3.63, 3.8) is 0 Å². The number of hydrogen-bond donors (Lipinski definition) is 2. The lowest BCUT2D eigenvalue weighted by molar-refractivity contribution is -0.124. The first kappa shape index (κ1) is 20.4. The van der Waals surface area contributed by atoms with Gasteiger partial charge in [0.25, 0.3) is 5.91 Å². The molecule has 0 radical (unpaired) electrons. The van der Waals surface area contributed by atoms with Crippen molar-refractivity contribution >= 4 is 24.2 Å². The number of hydrogen-bond acceptors (Lipinski definition) is 3. The standard InChI is InChI=1S/C16H25N3O2.ClH/c1-4-19(5-2)16(21)14-8-6-13(7-9-14)11-18-15(20)12(3)10-17;/h6-9,12H,4-5,10-11,17H2,1-3H3,(H,18,20);1H. The van der Waals surface area contributed by atoms with Gasteiger partial charge in [0.2, 0.25) is 5.91 Å². The monoisotopic (exact) mass is 327 g/mol. The third-order valence-electron chi connectivity index (χ3n) is 3.52. The van der Waals surface area contributed by atoms with Crippen LogP contribution in [0.15, 0.2) is 24.3 Å². The highest BCUT2D eigenvalue weighted by Gasteiger charge is 2.13. The predicted molar refractivity (Wildman–Crippen MR) is 91.0 cm³/mol. The fourth-order valence-electron chi connectivity index (χ4n) is 1.93. The van der Waals surface area contributed by atoms with Gasteiger partial charge in [-0.1, -0.05) is 19.1 Å². The number of benzene rings is 1. The Morgan fingerprint density at radius 1 is 1.18 bits per heavy atom. The minimum atomic E-state index is -0.187. The minimum absolute atomic E-state index is 0. The molecular weight excluding hydrogens is 302 g/mol. The van der Waals surface area contributed by atoms with Gasteiger partial charge in [-0.15, -0.1) is 12.4 Å². The van der Waals surface area contributed by atoms with Crippen LogP contribution < -0.4 is 11.1 Å². The molecule has 1 unspecified atom stereocenters. The average Bonchev–Trinajstić information content (AvgIpc) is 2.53. The normalized spacial score (nSPS) is 11.3. The number of carbonyl (C=O) groups is 2. The van der Waals surface area contributed by atoms with Crippen LogP contribution in [0.5, 0.6) is 0 Å². The molecule has 3 N–H and O–H groups in total. The molecule has 0 aliphatic carbocycles. The first-order valence-corrected chi connectivity index (χ1v) is 7.39. The molecule has 0 aliphatic heterocycles. The van der Waals surface area contributed by atoms with E-state index in [0.29, 0.717) is 31.7 Å². The quantitative estimate of drug-likeness (QED) is 0.802. The van der Waals surface area contributed by atoms with Crippen molar-refractivity contribution in [2.24, 2.45) is 11.7 Å². The van der Waals surface area contributed by atoms with Gasteiger partial charge in [0.05, 0.1) is 0 Å². The topological polar surface area (TPSA) is 75.4 Å². The molecule has 0 bridgehead atoms. The summed E-state index contributed by atoms with van der Waals surface area (Å²) >= 11 is 0. The van der Waals surface area contributed by atoms with Crippen LogP contribution in [-0.4, -0.2) is 36.3 Å². The fourth-order valence-corrected chi connectivity index (χ4v) is 1.93. The number of carbonyl (C=O) groups excluding carboxylic acids is 2. The number of amides is 2. The van der Waals surface area contributed by atoms with Crippen LogP contribution in [0.2, 0.25) is 0 Å². The maximum absolute atomic E-state index is 12.2. The van der Waals surface area contributed by atoms with E-state index in [-0.39, 0.29) is 30.1 Å². The third-order valence-corrected chi connectivity index (χ3v) is 3.52. The SMILES string of the molecule is CCN(CC)C(=O)c1ccc(CNC(=O)C(C)CN)cc1.Cl. The van der Waals surface area contributed by atoms with Crippen molar-refractivity contribution in [2.75, 3.05) is 19.6 Å². The van der Waals surface area contributed by atoms with Crippen LogP contribution in [0.4, 0.5) is 0 Å². The molecule has 0 fully saturated rings. The van der Waals surface area contributed by atoms with E-state index in [4.69, 9.17) is 5.73 Å². The Hall–Kier alpha value is -1.59. The molecule has 0 saturated carbocycles. The van der Waals surface area contributed by atoms with Crippen molar-refractivity contribution in [1.82, 2.24) is 10.2 Å². The Morgan fingerprint density at radius 3 is 2.18 bits per heavy atom. The summed E-state index contributed by atoms with van der Waals surface area (Å²) in [7, 11) is 0. The second kappa shape index (κ2) is 10.2. The zero-order chi connectivity index (χ0) is 15.8. The largest absolute Gasteiger partial charge is 0.352 e. The highest BCUT2D eigenvalue weighted by Crippen LogP contribution is 2.08. The molecule has 6 heteroatoms. The van der Waals surface area contributed by atoms with Gasteiger partial charge in [0.1, 0.15) is 0 Å². The number of nitrogens with zero attached hydrogens (tertiary/aromatic N) is 1. The molecule has 1 aromatic carbocycles. The van der Waals surface area contributed by atoms with Gasteiger partial charge < -0.3 is 16.0 Å². The Morgan fingerprint density at radius 2 is 1.73 bits per heavy atom. The van der Waals surface area contributed by atoms with Gasteiger partial charge in [-0.2, -0.15) is 0 Å². The molecular formula is C16H26ClN3O2. The molecule has 1 aromatic rings. The van der Waals surface area contributed by atoms with Crippen molar-refractivity contribution in [2.45, 2.75) is 27.3 Å². The van der Waals surface area contributed by atoms with Crippen LogP contribution >= 0.6 is 12.4 Å². The third kappa shape index (κ3) is 5.66. The summed E-state index contributed by atoms with van der Waals surface area (Å²) in [5.41, 5.74) is 7.08. The van der Waals surface area contributed by atoms with Crippen LogP contribution in [0, 0.1) is 5.92 Å². The first-order chi connectivity index (χ1) is 10.0. The fraction of sp³-hybridized carbons (Fsp3) is 0.500. The van der Waals surface area contributed by atoms with E-state index in [9.17, 15) is 9.59 Å². The van der Waals surface area contributed by atoms with Gasteiger partial charge >= 0.3 is 0 Å². The number of halogens is 1. The van der Waals surface area contributed by atoms with E-state index in [0.717, 1.165) is 5.56 Å². The number of rotatable bonds is 7. The predicted octanol–water partition coefficient (Wildman–Crippen LogP) is 1.80. The Balaban J connectivity index is 0.00000441. The summed E-state index contributed by atoms with van der Waals surface area (Å²) in [5, 5.41) is 2.83. The molecule has 1 atom stereocenters. The summed E-state index contributed by atoms with van der Waals surface area (Å²) in [4.78, 5) is 25.6. The molecule has 22 heavy (non-hydrogen) atoms. The highest BCUT2D eigenvalue weighted by molar-refractivity contribution is 5.94. The molecule has 1 rings (SSSR count). The van der Waals surface area contributed by atoms with E-state index < -0.39 is 0 Å². The summed E-state index contributed by atoms with van der Waals surface area (Å²) < 4.78 is 0. The average molecular weight is 328 g/mol. The van der Waals surface area contributed by atoms with Gasteiger partial charge in [0, 0.05) is 37.7 Å². The van der Waals surface area contributed by atoms with Gasteiger partial charge in [0.15, 0.2) is 0 Å². The molecule has 5 nitrogen and oxygen atoms in total. The van der Waals surface area contributed by atoms with Crippen LogP contribution in [0.1, 0.15) is 36.7 Å². The van der Waals surface area contributed by atoms with E-state index in [1.807, 2.05) is 26.0 Å². The van der Waals surface area contributed by atoms with Crippen molar-refractivity contribution in [3.05, 3.63) is 35.4 Å². The van der Waals surface area contributed by atoms with E-state index in [1.165, 1.54) is 0 Å². The molecule has 0 spiro atoms. The maximum atomic E-state index is 12.2.